The van der Waals surface area contributed by atoms with Crippen LogP contribution in [0.15, 0.2) is 18.9 Å². The fourth-order valence-electron chi connectivity index (χ4n) is 2.51. The number of halogens is 3. The summed E-state index contributed by atoms with van der Waals surface area (Å²) in [5.74, 6) is 0.00703. The molecule has 2 heterocycles. The maximum Gasteiger partial charge on any atom is 0.434 e. The van der Waals surface area contributed by atoms with E-state index in [0.717, 1.165) is 19.0 Å². The zero-order chi connectivity index (χ0) is 14.9. The molecule has 7 heteroatoms. The van der Waals surface area contributed by atoms with Gasteiger partial charge in [0.2, 0.25) is 5.91 Å². The minimum absolute atomic E-state index is 0.172. The zero-order valence-electron chi connectivity index (χ0n) is 11.2. The molecule has 1 aliphatic rings. The fraction of sp³-hybridized carbons (Fsp3) is 0.538. The van der Waals surface area contributed by atoms with Crippen LogP contribution in [0.2, 0.25) is 0 Å². The van der Waals surface area contributed by atoms with Crippen molar-refractivity contribution in [1.82, 2.24) is 14.5 Å². The Labute approximate surface area is 114 Å². The predicted octanol–water partition coefficient (Wildman–Crippen LogP) is 2.33. The SMILES string of the molecule is C=CC(=O)N1CCCC(c2nc(C(F)(F)F)cn2C)C1. The Morgan fingerprint density at radius 3 is 2.80 bits per heavy atom. The number of hydrogen-bond acceptors (Lipinski definition) is 2. The first-order valence-corrected chi connectivity index (χ1v) is 6.34. The summed E-state index contributed by atoms with van der Waals surface area (Å²) >= 11 is 0. The van der Waals surface area contributed by atoms with E-state index in [2.05, 4.69) is 11.6 Å². The molecule has 0 radical (unpaired) electrons. The van der Waals surface area contributed by atoms with E-state index in [9.17, 15) is 18.0 Å². The molecule has 0 bridgehead atoms. The van der Waals surface area contributed by atoms with Crippen molar-refractivity contribution in [3.8, 4) is 0 Å². The Bertz CT molecular complexity index is 521. The number of nitrogens with zero attached hydrogens (tertiary/aromatic N) is 3. The normalized spacial score (nSPS) is 20.0. The minimum Gasteiger partial charge on any atom is -0.338 e. The van der Waals surface area contributed by atoms with Crippen LogP contribution in [0.25, 0.3) is 0 Å². The van der Waals surface area contributed by atoms with Gasteiger partial charge in [-0.3, -0.25) is 4.79 Å². The molecule has 1 fully saturated rings. The molecule has 20 heavy (non-hydrogen) atoms. The van der Waals surface area contributed by atoms with Gasteiger partial charge in [0.25, 0.3) is 0 Å². The quantitative estimate of drug-likeness (QED) is 0.783. The van der Waals surface area contributed by atoms with E-state index in [4.69, 9.17) is 0 Å². The molecule has 1 atom stereocenters. The highest BCUT2D eigenvalue weighted by Crippen LogP contribution is 2.32. The number of carbonyl (C=O) groups is 1. The van der Waals surface area contributed by atoms with Crippen LogP contribution in [0, 0.1) is 0 Å². The summed E-state index contributed by atoms with van der Waals surface area (Å²) in [7, 11) is 1.55. The van der Waals surface area contributed by atoms with Crippen molar-refractivity contribution < 1.29 is 18.0 Å². The number of imidazole rings is 1. The van der Waals surface area contributed by atoms with E-state index >= 15 is 0 Å². The van der Waals surface area contributed by atoms with Crippen LogP contribution in [0.1, 0.15) is 30.3 Å². The van der Waals surface area contributed by atoms with Gasteiger partial charge in [0, 0.05) is 32.3 Å². The van der Waals surface area contributed by atoms with Crippen molar-refractivity contribution in [2.24, 2.45) is 7.05 Å². The van der Waals surface area contributed by atoms with E-state index in [1.807, 2.05) is 0 Å². The number of rotatable bonds is 2. The van der Waals surface area contributed by atoms with Gasteiger partial charge in [-0.15, -0.1) is 0 Å². The van der Waals surface area contributed by atoms with E-state index in [1.54, 1.807) is 11.9 Å². The molecule has 1 aromatic rings. The number of aryl methyl sites for hydroxylation is 1. The van der Waals surface area contributed by atoms with Crippen LogP contribution in [-0.4, -0.2) is 33.4 Å². The van der Waals surface area contributed by atoms with Crippen LogP contribution in [0.5, 0.6) is 0 Å². The van der Waals surface area contributed by atoms with Gasteiger partial charge in [0.1, 0.15) is 5.82 Å². The summed E-state index contributed by atoms with van der Waals surface area (Å²) in [4.78, 5) is 16.9. The Morgan fingerprint density at radius 2 is 2.25 bits per heavy atom. The lowest BCUT2D eigenvalue weighted by atomic mass is 9.97. The monoisotopic (exact) mass is 287 g/mol. The number of hydrogen-bond donors (Lipinski definition) is 0. The molecule has 1 saturated heterocycles. The van der Waals surface area contributed by atoms with Crippen LogP contribution < -0.4 is 0 Å². The molecule has 4 nitrogen and oxygen atoms in total. The Kier molecular flexibility index (Phi) is 3.87. The largest absolute Gasteiger partial charge is 0.434 e. The van der Waals surface area contributed by atoms with Crippen LogP contribution in [0.4, 0.5) is 13.2 Å². The molecule has 0 spiro atoms. The van der Waals surface area contributed by atoms with Gasteiger partial charge < -0.3 is 9.47 Å². The van der Waals surface area contributed by atoms with Gasteiger partial charge in [-0.25, -0.2) is 4.98 Å². The molecule has 1 amide bonds. The third-order valence-electron chi connectivity index (χ3n) is 3.48. The smallest absolute Gasteiger partial charge is 0.338 e. The molecule has 0 N–H and O–H groups in total. The number of likely N-dealkylation sites (tertiary alicyclic amines) is 1. The van der Waals surface area contributed by atoms with Gasteiger partial charge in [-0.2, -0.15) is 13.2 Å². The second-order valence-corrected chi connectivity index (χ2v) is 4.92. The molecule has 1 aromatic heterocycles. The summed E-state index contributed by atoms with van der Waals surface area (Å²) in [6.45, 7) is 4.42. The highest BCUT2D eigenvalue weighted by atomic mass is 19.4. The average Bonchev–Trinajstić information content (AvgIpc) is 2.80. The number of carbonyl (C=O) groups excluding carboxylic acids is 1. The van der Waals surface area contributed by atoms with E-state index in [-0.39, 0.29) is 11.8 Å². The van der Waals surface area contributed by atoms with Crippen molar-refractivity contribution in [1.29, 1.82) is 0 Å². The van der Waals surface area contributed by atoms with Crippen molar-refractivity contribution >= 4 is 5.91 Å². The average molecular weight is 287 g/mol. The number of piperidine rings is 1. The standard InChI is InChI=1S/C13H16F3N3O/c1-3-11(20)19-6-4-5-9(7-19)12-17-10(8-18(12)2)13(14,15)16/h3,8-9H,1,4-7H2,2H3. The lowest BCUT2D eigenvalue weighted by Gasteiger charge is -2.31. The molecule has 0 aliphatic carbocycles. The Balaban J connectivity index is 2.21. The van der Waals surface area contributed by atoms with Crippen molar-refractivity contribution in [3.05, 3.63) is 30.4 Å². The van der Waals surface area contributed by atoms with E-state index in [1.165, 1.54) is 10.6 Å². The fourth-order valence-corrected chi connectivity index (χ4v) is 2.51. The summed E-state index contributed by atoms with van der Waals surface area (Å²) in [6.07, 6.45) is -0.756. The van der Waals surface area contributed by atoms with Gasteiger partial charge in [-0.05, 0) is 18.9 Å². The maximum absolute atomic E-state index is 12.7. The van der Waals surface area contributed by atoms with Crippen molar-refractivity contribution in [2.75, 3.05) is 13.1 Å². The lowest BCUT2D eigenvalue weighted by Crippen LogP contribution is -2.38. The molecule has 0 saturated carbocycles. The van der Waals surface area contributed by atoms with E-state index < -0.39 is 11.9 Å². The third-order valence-corrected chi connectivity index (χ3v) is 3.48. The Hall–Kier alpha value is -1.79. The zero-order valence-corrected chi connectivity index (χ0v) is 11.2. The van der Waals surface area contributed by atoms with Gasteiger partial charge in [0.05, 0.1) is 0 Å². The first-order chi connectivity index (χ1) is 9.32. The topological polar surface area (TPSA) is 38.1 Å². The molecule has 110 valence electrons. The summed E-state index contributed by atoms with van der Waals surface area (Å²) in [5, 5.41) is 0. The number of alkyl halides is 3. The van der Waals surface area contributed by atoms with Crippen LogP contribution >= 0.6 is 0 Å². The summed E-state index contributed by atoms with van der Waals surface area (Å²) in [6, 6.07) is 0. The highest BCUT2D eigenvalue weighted by molar-refractivity contribution is 5.87. The van der Waals surface area contributed by atoms with Crippen LogP contribution in [-0.2, 0) is 18.0 Å². The third kappa shape index (κ3) is 2.86. The highest BCUT2D eigenvalue weighted by Gasteiger charge is 2.36. The first-order valence-electron chi connectivity index (χ1n) is 6.34. The molecule has 2 rings (SSSR count). The molecule has 1 unspecified atom stereocenters. The molecular weight excluding hydrogens is 271 g/mol. The van der Waals surface area contributed by atoms with Gasteiger partial charge >= 0.3 is 6.18 Å². The number of aromatic nitrogens is 2. The van der Waals surface area contributed by atoms with E-state index in [0.29, 0.717) is 18.9 Å². The number of amides is 1. The van der Waals surface area contributed by atoms with Crippen molar-refractivity contribution in [2.45, 2.75) is 24.9 Å². The lowest BCUT2D eigenvalue weighted by molar-refractivity contribution is -0.141. The Morgan fingerprint density at radius 1 is 1.55 bits per heavy atom. The molecule has 0 aromatic carbocycles. The molecular formula is C13H16F3N3O. The van der Waals surface area contributed by atoms with Crippen LogP contribution in [0.3, 0.4) is 0 Å². The summed E-state index contributed by atoms with van der Waals surface area (Å²) < 4.78 is 39.4. The first kappa shape index (κ1) is 14.6. The second-order valence-electron chi connectivity index (χ2n) is 4.92. The van der Waals surface area contributed by atoms with Gasteiger partial charge in [-0.1, -0.05) is 6.58 Å². The predicted molar refractivity (Wildman–Crippen MR) is 67.0 cm³/mol. The van der Waals surface area contributed by atoms with Gasteiger partial charge in [0.15, 0.2) is 5.69 Å². The summed E-state index contributed by atoms with van der Waals surface area (Å²) in [5.41, 5.74) is -0.887. The second kappa shape index (κ2) is 5.30. The molecule has 1 aliphatic heterocycles. The maximum atomic E-state index is 12.7. The minimum atomic E-state index is -4.44. The van der Waals surface area contributed by atoms with Crippen molar-refractivity contribution in [3.63, 3.8) is 0 Å².